The fourth-order valence-electron chi connectivity index (χ4n) is 4.91. The lowest BCUT2D eigenvalue weighted by Crippen LogP contribution is -2.38. The van der Waals surface area contributed by atoms with Gasteiger partial charge in [0.1, 0.15) is 5.60 Å². The van der Waals surface area contributed by atoms with Gasteiger partial charge in [-0.1, -0.05) is 28.9 Å². The molecule has 0 saturated heterocycles. The van der Waals surface area contributed by atoms with E-state index in [1.807, 2.05) is 49.7 Å². The Morgan fingerprint density at radius 2 is 2.00 bits per heavy atom. The first kappa shape index (κ1) is 25.4. The summed E-state index contributed by atoms with van der Waals surface area (Å²) in [5, 5.41) is 10.0. The summed E-state index contributed by atoms with van der Waals surface area (Å²) >= 11 is 6.41. The molecule has 0 spiro atoms. The predicted molar refractivity (Wildman–Crippen MR) is 143 cm³/mol. The van der Waals surface area contributed by atoms with Crippen LogP contribution in [0.5, 0.6) is 0 Å². The summed E-state index contributed by atoms with van der Waals surface area (Å²) < 4.78 is 13.1. The Balaban J connectivity index is 1.37. The van der Waals surface area contributed by atoms with Gasteiger partial charge in [0.05, 0.1) is 12.1 Å². The molecule has 194 valence electrons. The third-order valence-electron chi connectivity index (χ3n) is 6.60. The highest BCUT2D eigenvalue weighted by molar-refractivity contribution is 6.34. The molecule has 0 bridgehead atoms. The van der Waals surface area contributed by atoms with Crippen molar-refractivity contribution in [3.8, 4) is 22.8 Å². The highest BCUT2D eigenvalue weighted by atomic mass is 35.5. The zero-order chi connectivity index (χ0) is 26.5. The fourth-order valence-corrected chi connectivity index (χ4v) is 5.15. The molecule has 0 radical (unpaired) electrons. The van der Waals surface area contributed by atoms with Crippen LogP contribution in [0, 0.1) is 6.92 Å². The molecule has 0 amide bonds. The van der Waals surface area contributed by atoms with Crippen LogP contribution in [-0.4, -0.2) is 49.5 Å². The molecule has 2 aromatic carbocycles. The van der Waals surface area contributed by atoms with E-state index in [1.54, 1.807) is 0 Å². The van der Waals surface area contributed by atoms with Crippen molar-refractivity contribution >= 4 is 28.5 Å². The van der Waals surface area contributed by atoms with Gasteiger partial charge in [-0.2, -0.15) is 10.1 Å². The van der Waals surface area contributed by atoms with Crippen LogP contribution in [0.25, 0.3) is 33.7 Å². The highest BCUT2D eigenvalue weighted by Gasteiger charge is 2.25. The van der Waals surface area contributed by atoms with Gasteiger partial charge in [0.15, 0.2) is 5.15 Å². The molecule has 9 heteroatoms. The normalized spacial score (nSPS) is 14.4. The molecule has 1 aliphatic heterocycles. The van der Waals surface area contributed by atoms with Gasteiger partial charge in [-0.05, 0) is 82.9 Å². The lowest BCUT2D eigenvalue weighted by atomic mass is 9.91. The van der Waals surface area contributed by atoms with Gasteiger partial charge in [-0.15, -0.1) is 0 Å². The average molecular weight is 522 g/mol. The minimum atomic E-state index is -0.478. The van der Waals surface area contributed by atoms with Crippen molar-refractivity contribution in [1.82, 2.24) is 24.8 Å². The van der Waals surface area contributed by atoms with Crippen LogP contribution in [-0.2, 0) is 22.5 Å². The SMILES string of the molecule is Cc1c(-c2noc(-c3ccc4c(c3)c(Cl)nn4C(C)C)n2)ccc2c1CCN(CC(=O)OC(C)(C)C)C2. The molecule has 0 unspecified atom stereocenters. The molecule has 3 heterocycles. The monoisotopic (exact) mass is 521 g/mol. The Hall–Kier alpha value is -3.23. The van der Waals surface area contributed by atoms with E-state index in [-0.39, 0.29) is 18.6 Å². The Kier molecular flexibility index (Phi) is 6.58. The number of hydrogen-bond acceptors (Lipinski definition) is 7. The Labute approximate surface area is 221 Å². The van der Waals surface area contributed by atoms with Gasteiger partial charge >= 0.3 is 5.97 Å². The Morgan fingerprint density at radius 1 is 1.22 bits per heavy atom. The number of ether oxygens (including phenoxy) is 1. The summed E-state index contributed by atoms with van der Waals surface area (Å²) in [5.74, 6) is 0.793. The molecule has 0 aliphatic carbocycles. The second kappa shape index (κ2) is 9.58. The van der Waals surface area contributed by atoms with Crippen LogP contribution < -0.4 is 0 Å². The van der Waals surface area contributed by atoms with E-state index < -0.39 is 5.60 Å². The number of esters is 1. The highest BCUT2D eigenvalue weighted by Crippen LogP contribution is 2.33. The maximum absolute atomic E-state index is 12.3. The smallest absolute Gasteiger partial charge is 0.320 e. The second-order valence-electron chi connectivity index (χ2n) is 10.9. The average Bonchev–Trinajstić information content (AvgIpc) is 3.43. The number of halogens is 1. The fraction of sp³-hybridized carbons (Fsp3) is 0.429. The first-order valence-corrected chi connectivity index (χ1v) is 13.0. The van der Waals surface area contributed by atoms with Crippen LogP contribution in [0.4, 0.5) is 0 Å². The van der Waals surface area contributed by atoms with E-state index in [1.165, 1.54) is 11.1 Å². The number of benzene rings is 2. The maximum Gasteiger partial charge on any atom is 0.320 e. The third kappa shape index (κ3) is 5.13. The molecule has 5 rings (SSSR count). The Bertz CT molecular complexity index is 1480. The topological polar surface area (TPSA) is 86.3 Å². The van der Waals surface area contributed by atoms with Crippen molar-refractivity contribution in [2.24, 2.45) is 0 Å². The lowest BCUT2D eigenvalue weighted by Gasteiger charge is -2.30. The molecule has 0 atom stereocenters. The summed E-state index contributed by atoms with van der Waals surface area (Å²) in [4.78, 5) is 19.1. The van der Waals surface area contributed by atoms with Crippen LogP contribution in [0.2, 0.25) is 5.15 Å². The van der Waals surface area contributed by atoms with E-state index in [9.17, 15) is 4.79 Å². The number of aromatic nitrogens is 4. The van der Waals surface area contributed by atoms with Crippen molar-refractivity contribution in [3.05, 3.63) is 52.2 Å². The van der Waals surface area contributed by atoms with Crippen molar-refractivity contribution in [3.63, 3.8) is 0 Å². The predicted octanol–water partition coefficient (Wildman–Crippen LogP) is 6.00. The van der Waals surface area contributed by atoms with Crippen LogP contribution in [0.3, 0.4) is 0 Å². The van der Waals surface area contributed by atoms with Crippen LogP contribution in [0.15, 0.2) is 34.9 Å². The molecular weight excluding hydrogens is 490 g/mol. The van der Waals surface area contributed by atoms with Gasteiger partial charge < -0.3 is 9.26 Å². The van der Waals surface area contributed by atoms with Gasteiger partial charge in [-0.25, -0.2) is 0 Å². The number of rotatable bonds is 5. The molecule has 2 aromatic heterocycles. The second-order valence-corrected chi connectivity index (χ2v) is 11.3. The number of fused-ring (bicyclic) bond motifs is 2. The summed E-state index contributed by atoms with van der Waals surface area (Å²) in [7, 11) is 0. The van der Waals surface area contributed by atoms with Gasteiger partial charge in [0.25, 0.3) is 5.89 Å². The molecule has 0 fully saturated rings. The van der Waals surface area contributed by atoms with Gasteiger partial charge in [-0.3, -0.25) is 14.4 Å². The number of carbonyl (C=O) groups is 1. The first-order chi connectivity index (χ1) is 17.5. The lowest BCUT2D eigenvalue weighted by molar-refractivity contribution is -0.156. The van der Waals surface area contributed by atoms with Gasteiger partial charge in [0.2, 0.25) is 5.82 Å². The quantitative estimate of drug-likeness (QED) is 0.298. The number of hydrogen-bond donors (Lipinski definition) is 0. The van der Waals surface area contributed by atoms with Gasteiger partial charge in [0, 0.05) is 35.6 Å². The van der Waals surface area contributed by atoms with E-state index in [0.717, 1.165) is 40.6 Å². The standard InChI is InChI=1S/C28H32ClN5O3/c1-16(2)34-23-10-8-18(13-22(23)25(29)31-34)27-30-26(32-37-27)21-9-7-19-14-33(12-11-20(19)17(21)3)15-24(35)36-28(4,5)6/h7-10,13,16H,11-12,14-15H2,1-6H3. The van der Waals surface area contributed by atoms with Crippen LogP contribution in [0.1, 0.15) is 57.4 Å². The van der Waals surface area contributed by atoms with E-state index in [0.29, 0.717) is 23.4 Å². The molecule has 37 heavy (non-hydrogen) atoms. The van der Waals surface area contributed by atoms with Crippen molar-refractivity contribution in [2.45, 2.75) is 66.2 Å². The molecule has 4 aromatic rings. The summed E-state index contributed by atoms with van der Waals surface area (Å²) in [5.41, 5.74) is 5.85. The molecule has 8 nitrogen and oxygen atoms in total. The minimum absolute atomic E-state index is 0.195. The van der Waals surface area contributed by atoms with E-state index in [2.05, 4.69) is 42.0 Å². The molecule has 0 N–H and O–H groups in total. The molecule has 1 aliphatic rings. The third-order valence-corrected chi connectivity index (χ3v) is 6.88. The zero-order valence-electron chi connectivity index (χ0n) is 22.1. The minimum Gasteiger partial charge on any atom is -0.459 e. The summed E-state index contributed by atoms with van der Waals surface area (Å²) in [6.45, 7) is 13.7. The number of nitrogens with zero attached hydrogens (tertiary/aromatic N) is 5. The van der Waals surface area contributed by atoms with Crippen molar-refractivity contribution in [2.75, 3.05) is 13.1 Å². The summed E-state index contributed by atoms with van der Waals surface area (Å²) in [6, 6.07) is 10.2. The van der Waals surface area contributed by atoms with Crippen molar-refractivity contribution < 1.29 is 14.1 Å². The molecule has 0 saturated carbocycles. The zero-order valence-corrected chi connectivity index (χ0v) is 22.9. The van der Waals surface area contributed by atoms with Crippen molar-refractivity contribution in [1.29, 1.82) is 0 Å². The van der Waals surface area contributed by atoms with E-state index >= 15 is 0 Å². The summed E-state index contributed by atoms with van der Waals surface area (Å²) in [6.07, 6.45) is 0.845. The van der Waals surface area contributed by atoms with E-state index in [4.69, 9.17) is 25.8 Å². The largest absolute Gasteiger partial charge is 0.459 e. The first-order valence-electron chi connectivity index (χ1n) is 12.6. The Morgan fingerprint density at radius 3 is 2.73 bits per heavy atom. The molecular formula is C28H32ClN5O3. The maximum atomic E-state index is 12.3. The number of carbonyl (C=O) groups excluding carboxylic acids is 1. The van der Waals surface area contributed by atoms with Crippen LogP contribution >= 0.6 is 11.6 Å².